The van der Waals surface area contributed by atoms with E-state index in [0.29, 0.717) is 0 Å². The first-order valence-electron chi connectivity index (χ1n) is 5.91. The average molecular weight is 348 g/mol. The van der Waals surface area contributed by atoms with E-state index in [9.17, 15) is 8.42 Å². The summed E-state index contributed by atoms with van der Waals surface area (Å²) in [5.41, 5.74) is 0.802. The van der Waals surface area contributed by atoms with Gasteiger partial charge in [-0.1, -0.05) is 35.0 Å². The van der Waals surface area contributed by atoms with E-state index in [1.165, 1.54) is 6.08 Å². The van der Waals surface area contributed by atoms with Gasteiger partial charge in [-0.15, -0.1) is 0 Å². The van der Waals surface area contributed by atoms with Gasteiger partial charge >= 0.3 is 0 Å². The van der Waals surface area contributed by atoms with Gasteiger partial charge in [0.2, 0.25) is 10.0 Å². The minimum absolute atomic E-state index is 0.0554. The molecule has 0 fully saturated rings. The summed E-state index contributed by atoms with van der Waals surface area (Å²) < 4.78 is 27.1. The molecular formula is C13H18BrNO3S. The van der Waals surface area contributed by atoms with E-state index in [1.807, 2.05) is 24.3 Å². The second-order valence-electron chi connectivity index (χ2n) is 4.47. The Bertz CT molecular complexity index is 525. The molecule has 1 aromatic rings. The Hall–Kier alpha value is -0.690. The summed E-state index contributed by atoms with van der Waals surface area (Å²) in [4.78, 5) is 0. The predicted molar refractivity (Wildman–Crippen MR) is 80.9 cm³/mol. The fraction of sp³-hybridized carbons (Fsp3) is 0.385. The van der Waals surface area contributed by atoms with Gasteiger partial charge in [0.05, 0.1) is 0 Å². The van der Waals surface area contributed by atoms with Gasteiger partial charge in [0.25, 0.3) is 0 Å². The van der Waals surface area contributed by atoms with E-state index in [2.05, 4.69) is 20.7 Å². The molecule has 0 spiro atoms. The Morgan fingerprint density at radius 1 is 1.32 bits per heavy atom. The van der Waals surface area contributed by atoms with E-state index in [0.717, 1.165) is 15.4 Å². The van der Waals surface area contributed by atoms with Gasteiger partial charge in [-0.05, 0) is 36.6 Å². The number of benzene rings is 1. The molecule has 2 unspecified atom stereocenters. The fourth-order valence-corrected chi connectivity index (χ4v) is 2.74. The van der Waals surface area contributed by atoms with Gasteiger partial charge in [0.1, 0.15) is 0 Å². The molecule has 19 heavy (non-hydrogen) atoms. The van der Waals surface area contributed by atoms with E-state index < -0.39 is 10.0 Å². The molecule has 2 N–H and O–H groups in total. The number of sulfonamides is 1. The van der Waals surface area contributed by atoms with Crippen molar-refractivity contribution in [2.24, 2.45) is 5.92 Å². The highest BCUT2D eigenvalue weighted by Gasteiger charge is 2.16. The SMILES string of the molecule is CC(CO)C(C)NS(=O)(=O)/C=C/c1ccc(Br)cc1. The third-order valence-corrected chi connectivity index (χ3v) is 4.52. The maximum atomic E-state index is 11.8. The first kappa shape index (κ1) is 16.4. The molecule has 0 radical (unpaired) electrons. The van der Waals surface area contributed by atoms with Gasteiger partial charge in [0, 0.05) is 22.5 Å². The summed E-state index contributed by atoms with van der Waals surface area (Å²) in [6, 6.07) is 7.00. The van der Waals surface area contributed by atoms with E-state index in [4.69, 9.17) is 5.11 Å². The second-order valence-corrected chi connectivity index (χ2v) is 6.98. The lowest BCUT2D eigenvalue weighted by Gasteiger charge is -2.17. The van der Waals surface area contributed by atoms with Crippen LogP contribution in [0.1, 0.15) is 19.4 Å². The number of rotatable bonds is 6. The molecule has 4 nitrogen and oxygen atoms in total. The predicted octanol–water partition coefficient (Wildman–Crippen LogP) is 2.36. The van der Waals surface area contributed by atoms with Crippen LogP contribution < -0.4 is 4.72 Å². The van der Waals surface area contributed by atoms with Crippen LogP contribution in [0.5, 0.6) is 0 Å². The molecular weight excluding hydrogens is 330 g/mol. The Kier molecular flexibility index (Phi) is 6.19. The van der Waals surface area contributed by atoms with Crippen molar-refractivity contribution < 1.29 is 13.5 Å². The Morgan fingerprint density at radius 2 is 1.89 bits per heavy atom. The number of hydrogen-bond donors (Lipinski definition) is 2. The van der Waals surface area contributed by atoms with Crippen molar-refractivity contribution in [2.45, 2.75) is 19.9 Å². The smallest absolute Gasteiger partial charge is 0.233 e. The molecule has 1 rings (SSSR count). The number of hydrogen-bond acceptors (Lipinski definition) is 3. The Labute approximate surface area is 122 Å². The van der Waals surface area contributed by atoms with Gasteiger partial charge in [-0.25, -0.2) is 13.1 Å². The zero-order valence-electron chi connectivity index (χ0n) is 10.9. The molecule has 6 heteroatoms. The van der Waals surface area contributed by atoms with E-state index in [-0.39, 0.29) is 18.6 Å². The number of nitrogens with one attached hydrogen (secondary N) is 1. The quantitative estimate of drug-likeness (QED) is 0.829. The van der Waals surface area contributed by atoms with Crippen LogP contribution in [-0.2, 0) is 10.0 Å². The van der Waals surface area contributed by atoms with Crippen LogP contribution in [0, 0.1) is 5.92 Å². The first-order valence-corrected chi connectivity index (χ1v) is 8.25. The molecule has 0 aliphatic carbocycles. The molecule has 0 aliphatic heterocycles. The first-order chi connectivity index (χ1) is 8.84. The van der Waals surface area contributed by atoms with Crippen molar-refractivity contribution in [2.75, 3.05) is 6.61 Å². The van der Waals surface area contributed by atoms with Crippen molar-refractivity contribution in [3.8, 4) is 0 Å². The summed E-state index contributed by atoms with van der Waals surface area (Å²) in [5, 5.41) is 10.1. The molecule has 0 aliphatic rings. The molecule has 0 saturated heterocycles. The summed E-state index contributed by atoms with van der Waals surface area (Å²) in [7, 11) is -3.50. The largest absolute Gasteiger partial charge is 0.396 e. The van der Waals surface area contributed by atoms with Crippen molar-refractivity contribution in [1.82, 2.24) is 4.72 Å². The highest BCUT2D eigenvalue weighted by Crippen LogP contribution is 2.12. The zero-order valence-corrected chi connectivity index (χ0v) is 13.3. The third-order valence-electron chi connectivity index (χ3n) is 2.80. The van der Waals surface area contributed by atoms with Crippen molar-refractivity contribution in [3.63, 3.8) is 0 Å². The maximum absolute atomic E-state index is 11.8. The van der Waals surface area contributed by atoms with Crippen LogP contribution in [0.4, 0.5) is 0 Å². The molecule has 2 atom stereocenters. The molecule has 1 aromatic carbocycles. The van der Waals surface area contributed by atoms with Crippen LogP contribution >= 0.6 is 15.9 Å². The van der Waals surface area contributed by atoms with Gasteiger partial charge < -0.3 is 5.11 Å². The lowest BCUT2D eigenvalue weighted by molar-refractivity contribution is 0.216. The van der Waals surface area contributed by atoms with Crippen molar-refractivity contribution in [3.05, 3.63) is 39.7 Å². The van der Waals surface area contributed by atoms with Crippen molar-refractivity contribution >= 4 is 32.0 Å². The summed E-state index contributed by atoms with van der Waals surface area (Å²) in [5.74, 6) is -0.129. The number of aliphatic hydroxyl groups is 1. The average Bonchev–Trinajstić information content (AvgIpc) is 2.36. The lowest BCUT2D eigenvalue weighted by Crippen LogP contribution is -2.37. The lowest BCUT2D eigenvalue weighted by atomic mass is 10.1. The molecule has 0 amide bonds. The monoisotopic (exact) mass is 347 g/mol. The normalized spacial score (nSPS) is 15.6. The molecule has 0 aromatic heterocycles. The highest BCUT2D eigenvalue weighted by molar-refractivity contribution is 9.10. The van der Waals surface area contributed by atoms with Gasteiger partial charge in [-0.3, -0.25) is 0 Å². The summed E-state index contributed by atoms with van der Waals surface area (Å²) >= 11 is 3.31. The van der Waals surface area contributed by atoms with Crippen molar-refractivity contribution in [1.29, 1.82) is 0 Å². The molecule has 0 saturated carbocycles. The van der Waals surface area contributed by atoms with E-state index in [1.54, 1.807) is 13.8 Å². The molecule has 106 valence electrons. The van der Waals surface area contributed by atoms with Crippen LogP contribution in [0.15, 0.2) is 34.1 Å². The molecule has 0 bridgehead atoms. The standard InChI is InChI=1S/C13H18BrNO3S/c1-10(9-16)11(2)15-19(17,18)8-7-12-3-5-13(14)6-4-12/h3-8,10-11,15-16H,9H2,1-2H3/b8-7+. The minimum atomic E-state index is -3.50. The zero-order chi connectivity index (χ0) is 14.5. The second kappa shape index (κ2) is 7.19. The fourth-order valence-electron chi connectivity index (χ4n) is 1.31. The van der Waals surface area contributed by atoms with Crippen LogP contribution in [0.3, 0.4) is 0 Å². The molecule has 0 heterocycles. The van der Waals surface area contributed by atoms with Crippen LogP contribution in [-0.4, -0.2) is 26.2 Å². The topological polar surface area (TPSA) is 66.4 Å². The van der Waals surface area contributed by atoms with Crippen LogP contribution in [0.25, 0.3) is 6.08 Å². The minimum Gasteiger partial charge on any atom is -0.396 e. The maximum Gasteiger partial charge on any atom is 0.233 e. The number of halogens is 1. The number of aliphatic hydroxyl groups excluding tert-OH is 1. The third kappa shape index (κ3) is 5.86. The Morgan fingerprint density at radius 3 is 2.42 bits per heavy atom. The van der Waals surface area contributed by atoms with Gasteiger partial charge in [-0.2, -0.15) is 0 Å². The summed E-state index contributed by atoms with van der Waals surface area (Å²) in [6.45, 7) is 3.46. The highest BCUT2D eigenvalue weighted by atomic mass is 79.9. The van der Waals surface area contributed by atoms with Gasteiger partial charge in [0.15, 0.2) is 0 Å². The van der Waals surface area contributed by atoms with Crippen LogP contribution in [0.2, 0.25) is 0 Å². The Balaban J connectivity index is 2.71. The van der Waals surface area contributed by atoms with E-state index >= 15 is 0 Å². The summed E-state index contributed by atoms with van der Waals surface area (Å²) in [6.07, 6.45) is 1.53.